The number of hydrogen-bond acceptors (Lipinski definition) is 7. The molecule has 7 nitrogen and oxygen atoms in total. The van der Waals surface area contributed by atoms with E-state index in [1.807, 2.05) is 23.4 Å². The van der Waals surface area contributed by atoms with Crippen LogP contribution in [0.3, 0.4) is 0 Å². The number of benzene rings is 1. The molecule has 31 heavy (non-hydrogen) atoms. The Morgan fingerprint density at radius 2 is 2.16 bits per heavy atom. The fourth-order valence-electron chi connectivity index (χ4n) is 4.61. The van der Waals surface area contributed by atoms with Gasteiger partial charge in [-0.15, -0.1) is 0 Å². The number of aliphatic imine (C=N–C) groups is 1. The molecule has 3 aliphatic heterocycles. The molecule has 0 spiro atoms. The lowest BCUT2D eigenvalue weighted by molar-refractivity contribution is 0.0802. The molecule has 0 aromatic heterocycles. The van der Waals surface area contributed by atoms with Crippen molar-refractivity contribution in [1.82, 2.24) is 4.90 Å². The lowest BCUT2D eigenvalue weighted by Crippen LogP contribution is -2.38. The summed E-state index contributed by atoms with van der Waals surface area (Å²) in [6.07, 6.45) is 6.18. The minimum atomic E-state index is -2.59. The van der Waals surface area contributed by atoms with Crippen molar-refractivity contribution < 1.29 is 28.2 Å². The van der Waals surface area contributed by atoms with Crippen molar-refractivity contribution in [2.45, 2.75) is 49.9 Å². The number of ether oxygens (including phenoxy) is 2. The molecule has 1 aromatic rings. The number of alkyl halides is 2. The second kappa shape index (κ2) is 7.96. The van der Waals surface area contributed by atoms with Crippen molar-refractivity contribution in [2.75, 3.05) is 13.7 Å². The first-order valence-electron chi connectivity index (χ1n) is 10.3. The fraction of sp³-hybridized carbons (Fsp3) is 0.455. The Hall–Kier alpha value is -2.94. The number of aliphatic hydroxyl groups excluding tert-OH is 1. The molecule has 4 unspecified atom stereocenters. The van der Waals surface area contributed by atoms with Gasteiger partial charge in [0.1, 0.15) is 12.4 Å². The van der Waals surface area contributed by atoms with Crippen molar-refractivity contribution in [2.24, 2.45) is 10.1 Å². The van der Waals surface area contributed by atoms with Crippen molar-refractivity contribution >= 4 is 12.1 Å². The molecule has 5 rings (SSSR count). The topological polar surface area (TPSA) is 75.9 Å². The highest BCUT2D eigenvalue weighted by Gasteiger charge is 2.38. The van der Waals surface area contributed by atoms with Gasteiger partial charge in [0.15, 0.2) is 17.6 Å². The molecule has 4 atom stereocenters. The van der Waals surface area contributed by atoms with Gasteiger partial charge in [0.05, 0.1) is 25.5 Å². The lowest BCUT2D eigenvalue weighted by atomic mass is 9.75. The average molecular weight is 431 g/mol. The Labute approximate surface area is 178 Å². The third-order valence-electron chi connectivity index (χ3n) is 6.07. The van der Waals surface area contributed by atoms with E-state index >= 15 is 0 Å². The smallest absolute Gasteiger partial charge is 0.272 e. The van der Waals surface area contributed by atoms with Crippen molar-refractivity contribution in [3.63, 3.8) is 0 Å². The van der Waals surface area contributed by atoms with Crippen molar-refractivity contribution in [1.29, 1.82) is 0 Å². The monoisotopic (exact) mass is 431 g/mol. The minimum absolute atomic E-state index is 0.0136. The molecule has 0 saturated heterocycles. The molecule has 1 aromatic carbocycles. The highest BCUT2D eigenvalue weighted by Crippen LogP contribution is 2.45. The Morgan fingerprint density at radius 3 is 2.97 bits per heavy atom. The SMILES string of the molecule is COc1cc2c(cc1OCC(F)F)C1CC(O)CCC1N=C2N1C=CC2ON=CC2=C1. The van der Waals surface area contributed by atoms with E-state index in [9.17, 15) is 13.9 Å². The van der Waals surface area contributed by atoms with E-state index in [-0.39, 0.29) is 23.8 Å². The Bertz CT molecular complexity index is 991. The number of rotatable bonds is 4. The van der Waals surface area contributed by atoms with Gasteiger partial charge in [0.25, 0.3) is 6.43 Å². The van der Waals surface area contributed by atoms with E-state index in [1.165, 1.54) is 7.11 Å². The maximum atomic E-state index is 12.8. The molecule has 0 bridgehead atoms. The van der Waals surface area contributed by atoms with Gasteiger partial charge in [-0.25, -0.2) is 8.78 Å². The van der Waals surface area contributed by atoms with Crippen LogP contribution in [0.2, 0.25) is 0 Å². The van der Waals surface area contributed by atoms with Gasteiger partial charge in [-0.05, 0) is 43.0 Å². The van der Waals surface area contributed by atoms with Crippen LogP contribution in [0.15, 0.2) is 46.3 Å². The summed E-state index contributed by atoms with van der Waals surface area (Å²) in [6.45, 7) is -0.714. The van der Waals surface area contributed by atoms with Crippen LogP contribution in [-0.4, -0.2) is 60.4 Å². The van der Waals surface area contributed by atoms with Gasteiger partial charge < -0.3 is 24.3 Å². The standard InChI is InChI=1S/C22H23F2N3O4/c1-29-19-8-16-14(7-20(19)30-11-21(23)24)15-6-13(28)2-3-17(15)26-22(16)27-5-4-18-12(10-27)9-25-31-18/h4-5,7-10,13,15,17-18,21,28H,2-3,6,11H2,1H3. The molecule has 3 heterocycles. The highest BCUT2D eigenvalue weighted by atomic mass is 19.3. The molecule has 1 fully saturated rings. The number of halogens is 2. The van der Waals surface area contributed by atoms with Crippen LogP contribution in [-0.2, 0) is 4.84 Å². The lowest BCUT2D eigenvalue weighted by Gasteiger charge is -2.39. The van der Waals surface area contributed by atoms with Gasteiger partial charge >= 0.3 is 0 Å². The quantitative estimate of drug-likeness (QED) is 0.793. The number of aliphatic hydroxyl groups is 1. The van der Waals surface area contributed by atoms with Gasteiger partial charge in [0, 0.05) is 29.5 Å². The van der Waals surface area contributed by atoms with Crippen LogP contribution >= 0.6 is 0 Å². The van der Waals surface area contributed by atoms with Crippen LogP contribution in [0.5, 0.6) is 11.5 Å². The van der Waals surface area contributed by atoms with Crippen LogP contribution in [0.25, 0.3) is 0 Å². The summed E-state index contributed by atoms with van der Waals surface area (Å²) in [7, 11) is 1.48. The third kappa shape index (κ3) is 3.67. The minimum Gasteiger partial charge on any atom is -0.493 e. The molecule has 9 heteroatoms. The fourth-order valence-corrected chi connectivity index (χ4v) is 4.61. The second-order valence-electron chi connectivity index (χ2n) is 8.02. The summed E-state index contributed by atoms with van der Waals surface area (Å²) < 4.78 is 36.3. The molecular formula is C22H23F2N3O4. The van der Waals surface area contributed by atoms with Gasteiger partial charge in [-0.1, -0.05) is 5.16 Å². The molecule has 1 saturated carbocycles. The second-order valence-corrected chi connectivity index (χ2v) is 8.02. The molecule has 0 radical (unpaired) electrons. The zero-order chi connectivity index (χ0) is 21.5. The first kappa shape index (κ1) is 20.0. The molecule has 164 valence electrons. The van der Waals surface area contributed by atoms with Gasteiger partial charge in [-0.3, -0.25) is 4.99 Å². The molecule has 1 aliphatic carbocycles. The summed E-state index contributed by atoms with van der Waals surface area (Å²) in [5.74, 6) is 1.34. The Morgan fingerprint density at radius 1 is 1.29 bits per heavy atom. The molecule has 0 amide bonds. The Kier molecular flexibility index (Phi) is 5.13. The molecular weight excluding hydrogens is 408 g/mol. The zero-order valence-electron chi connectivity index (χ0n) is 16.9. The van der Waals surface area contributed by atoms with E-state index in [4.69, 9.17) is 19.3 Å². The molecule has 4 aliphatic rings. The summed E-state index contributed by atoms with van der Waals surface area (Å²) in [5.41, 5.74) is 2.66. The predicted octanol–water partition coefficient (Wildman–Crippen LogP) is 3.19. The number of oxime groups is 1. The van der Waals surface area contributed by atoms with E-state index in [0.29, 0.717) is 18.6 Å². The number of nitrogens with zero attached hydrogens (tertiary/aromatic N) is 3. The number of amidine groups is 1. The summed E-state index contributed by atoms with van der Waals surface area (Å²) in [6, 6.07) is 3.54. The predicted molar refractivity (Wildman–Crippen MR) is 110 cm³/mol. The first-order valence-corrected chi connectivity index (χ1v) is 10.3. The number of fused-ring (bicyclic) bond motifs is 4. The normalized spacial score (nSPS) is 28.4. The maximum Gasteiger partial charge on any atom is 0.272 e. The summed E-state index contributed by atoms with van der Waals surface area (Å²) in [5, 5.41) is 14.1. The summed E-state index contributed by atoms with van der Waals surface area (Å²) >= 11 is 0. The zero-order valence-corrected chi connectivity index (χ0v) is 16.9. The summed E-state index contributed by atoms with van der Waals surface area (Å²) in [4.78, 5) is 12.2. The van der Waals surface area contributed by atoms with Crippen molar-refractivity contribution in [3.05, 3.63) is 47.3 Å². The Balaban J connectivity index is 1.58. The highest BCUT2D eigenvalue weighted by molar-refractivity contribution is 6.04. The first-order chi connectivity index (χ1) is 15.0. The van der Waals surface area contributed by atoms with Gasteiger partial charge in [-0.2, -0.15) is 0 Å². The van der Waals surface area contributed by atoms with Crippen molar-refractivity contribution in [3.8, 4) is 11.5 Å². The van der Waals surface area contributed by atoms with E-state index in [0.717, 1.165) is 29.0 Å². The van der Waals surface area contributed by atoms with Crippen LogP contribution < -0.4 is 9.47 Å². The van der Waals surface area contributed by atoms with Crippen LogP contribution in [0, 0.1) is 0 Å². The van der Waals surface area contributed by atoms with E-state index in [2.05, 4.69) is 5.16 Å². The van der Waals surface area contributed by atoms with E-state index in [1.54, 1.807) is 18.3 Å². The number of hydrogen-bond donors (Lipinski definition) is 1. The molecule has 1 N–H and O–H groups in total. The average Bonchev–Trinajstić information content (AvgIpc) is 3.24. The maximum absolute atomic E-state index is 12.8. The van der Waals surface area contributed by atoms with E-state index < -0.39 is 19.1 Å². The number of methoxy groups -OCH3 is 1. The third-order valence-corrected chi connectivity index (χ3v) is 6.07. The van der Waals surface area contributed by atoms with Gasteiger partial charge in [0.2, 0.25) is 0 Å². The van der Waals surface area contributed by atoms with Crippen LogP contribution in [0.1, 0.15) is 36.3 Å². The largest absolute Gasteiger partial charge is 0.493 e. The van der Waals surface area contributed by atoms with Crippen LogP contribution in [0.4, 0.5) is 8.78 Å².